The van der Waals surface area contributed by atoms with E-state index in [2.05, 4.69) is 4.72 Å². The summed E-state index contributed by atoms with van der Waals surface area (Å²) in [7, 11) is -3.69. The topological polar surface area (TPSA) is 92.7 Å². The molecule has 0 unspecified atom stereocenters. The Bertz CT molecular complexity index is 694. The Morgan fingerprint density at radius 3 is 2.65 bits per heavy atom. The number of para-hydroxylation sites is 2. The minimum atomic E-state index is -3.69. The van der Waals surface area contributed by atoms with Crippen molar-refractivity contribution < 1.29 is 23.1 Å². The standard InChI is InChI=1S/C12H11NO5S2/c14-11(15)8-18-10-5-2-1-4-9(10)13-20(16,17)12-6-3-7-19-12/h1-7,13H,8H2,(H,14,15). The average Bonchev–Trinajstić information content (AvgIpc) is 2.92. The highest BCUT2D eigenvalue weighted by Gasteiger charge is 2.17. The molecule has 8 heteroatoms. The fourth-order valence-corrected chi connectivity index (χ4v) is 3.49. The number of benzene rings is 1. The summed E-state index contributed by atoms with van der Waals surface area (Å²) in [6.07, 6.45) is 0. The summed E-state index contributed by atoms with van der Waals surface area (Å²) in [5.74, 6) is -0.976. The van der Waals surface area contributed by atoms with Crippen LogP contribution in [0.4, 0.5) is 5.69 Å². The van der Waals surface area contributed by atoms with Crippen LogP contribution in [0, 0.1) is 0 Å². The number of carbonyl (C=O) groups is 1. The van der Waals surface area contributed by atoms with E-state index in [9.17, 15) is 13.2 Å². The van der Waals surface area contributed by atoms with Gasteiger partial charge < -0.3 is 9.84 Å². The highest BCUT2D eigenvalue weighted by molar-refractivity contribution is 7.94. The zero-order valence-electron chi connectivity index (χ0n) is 10.1. The Morgan fingerprint density at radius 1 is 1.25 bits per heavy atom. The molecule has 1 aromatic carbocycles. The molecule has 20 heavy (non-hydrogen) atoms. The first kappa shape index (κ1) is 14.4. The minimum absolute atomic E-state index is 0.162. The maximum Gasteiger partial charge on any atom is 0.341 e. The summed E-state index contributed by atoms with van der Waals surface area (Å²) in [4.78, 5) is 10.5. The lowest BCUT2D eigenvalue weighted by atomic mass is 10.3. The molecule has 2 aromatic rings. The summed E-state index contributed by atoms with van der Waals surface area (Å²) in [5, 5.41) is 10.2. The van der Waals surface area contributed by atoms with Crippen molar-refractivity contribution in [3.8, 4) is 5.75 Å². The van der Waals surface area contributed by atoms with Crippen LogP contribution in [0.3, 0.4) is 0 Å². The van der Waals surface area contributed by atoms with Gasteiger partial charge in [0.15, 0.2) is 6.61 Å². The number of hydrogen-bond acceptors (Lipinski definition) is 5. The molecule has 0 radical (unpaired) electrons. The number of thiophene rings is 1. The highest BCUT2D eigenvalue weighted by atomic mass is 32.2. The van der Waals surface area contributed by atoms with E-state index in [1.165, 1.54) is 18.2 Å². The van der Waals surface area contributed by atoms with E-state index >= 15 is 0 Å². The first-order valence-electron chi connectivity index (χ1n) is 5.49. The SMILES string of the molecule is O=C(O)COc1ccccc1NS(=O)(=O)c1cccs1. The molecule has 0 fully saturated rings. The molecule has 0 saturated heterocycles. The Balaban J connectivity index is 2.23. The zero-order valence-corrected chi connectivity index (χ0v) is 11.8. The van der Waals surface area contributed by atoms with Crippen molar-refractivity contribution in [1.29, 1.82) is 0 Å². The van der Waals surface area contributed by atoms with Gasteiger partial charge in [-0.1, -0.05) is 18.2 Å². The van der Waals surface area contributed by atoms with Crippen molar-refractivity contribution in [2.75, 3.05) is 11.3 Å². The number of nitrogens with one attached hydrogen (secondary N) is 1. The predicted molar refractivity (Wildman–Crippen MR) is 74.7 cm³/mol. The lowest BCUT2D eigenvalue weighted by Crippen LogP contribution is -2.14. The molecule has 0 atom stereocenters. The van der Waals surface area contributed by atoms with E-state index in [0.717, 1.165) is 11.3 Å². The monoisotopic (exact) mass is 313 g/mol. The smallest absolute Gasteiger partial charge is 0.341 e. The number of rotatable bonds is 6. The number of carboxylic acid groups (broad SMARTS) is 1. The van der Waals surface area contributed by atoms with E-state index in [1.54, 1.807) is 23.6 Å². The van der Waals surface area contributed by atoms with Gasteiger partial charge in [-0.05, 0) is 23.6 Å². The van der Waals surface area contributed by atoms with Gasteiger partial charge in [0.2, 0.25) is 0 Å². The summed E-state index contributed by atoms with van der Waals surface area (Å²) < 4.78 is 31.7. The Hall–Kier alpha value is -2.06. The van der Waals surface area contributed by atoms with Gasteiger partial charge in [-0.2, -0.15) is 0 Å². The van der Waals surface area contributed by atoms with E-state index in [-0.39, 0.29) is 15.6 Å². The van der Waals surface area contributed by atoms with Gasteiger partial charge in [0.25, 0.3) is 10.0 Å². The maximum atomic E-state index is 12.1. The van der Waals surface area contributed by atoms with Gasteiger partial charge in [0.05, 0.1) is 5.69 Å². The summed E-state index contributed by atoms with van der Waals surface area (Å²) >= 11 is 1.09. The second-order valence-electron chi connectivity index (χ2n) is 3.72. The van der Waals surface area contributed by atoms with E-state index < -0.39 is 22.6 Å². The molecule has 2 rings (SSSR count). The molecule has 0 aliphatic heterocycles. The first-order chi connectivity index (χ1) is 9.49. The van der Waals surface area contributed by atoms with Crippen LogP contribution in [0.15, 0.2) is 46.0 Å². The van der Waals surface area contributed by atoms with Gasteiger partial charge in [0.1, 0.15) is 9.96 Å². The van der Waals surface area contributed by atoms with E-state index in [1.807, 2.05) is 0 Å². The number of sulfonamides is 1. The molecule has 1 heterocycles. The number of hydrogen-bond donors (Lipinski definition) is 2. The molecule has 6 nitrogen and oxygen atoms in total. The van der Waals surface area contributed by atoms with Crippen molar-refractivity contribution >= 4 is 33.0 Å². The van der Waals surface area contributed by atoms with Crippen molar-refractivity contribution in [2.24, 2.45) is 0 Å². The fourth-order valence-electron chi connectivity index (χ4n) is 1.43. The van der Waals surface area contributed by atoms with Crippen LogP contribution in [0.2, 0.25) is 0 Å². The van der Waals surface area contributed by atoms with Gasteiger partial charge in [0, 0.05) is 0 Å². The average molecular weight is 313 g/mol. The number of ether oxygens (including phenoxy) is 1. The van der Waals surface area contributed by atoms with Crippen LogP contribution in [0.1, 0.15) is 0 Å². The normalized spacial score (nSPS) is 11.0. The number of carboxylic acids is 1. The number of anilines is 1. The second-order valence-corrected chi connectivity index (χ2v) is 6.57. The Labute approximate surface area is 119 Å². The van der Waals surface area contributed by atoms with Crippen LogP contribution in [-0.2, 0) is 14.8 Å². The second kappa shape index (κ2) is 5.93. The quantitative estimate of drug-likeness (QED) is 0.851. The molecule has 1 aromatic heterocycles. The third kappa shape index (κ3) is 3.49. The number of aliphatic carboxylic acids is 1. The first-order valence-corrected chi connectivity index (χ1v) is 7.85. The molecule has 0 amide bonds. The van der Waals surface area contributed by atoms with E-state index in [4.69, 9.17) is 9.84 Å². The highest BCUT2D eigenvalue weighted by Crippen LogP contribution is 2.27. The van der Waals surface area contributed by atoms with Crippen molar-refractivity contribution in [3.63, 3.8) is 0 Å². The fraction of sp³-hybridized carbons (Fsp3) is 0.0833. The van der Waals surface area contributed by atoms with Crippen molar-refractivity contribution in [1.82, 2.24) is 0 Å². The molecule has 2 N–H and O–H groups in total. The molecular weight excluding hydrogens is 302 g/mol. The van der Waals surface area contributed by atoms with Gasteiger partial charge in [-0.15, -0.1) is 11.3 Å². The molecule has 0 saturated carbocycles. The molecule has 0 spiro atoms. The van der Waals surface area contributed by atoms with Gasteiger partial charge >= 0.3 is 5.97 Å². The molecule has 0 aliphatic rings. The van der Waals surface area contributed by atoms with Crippen LogP contribution in [-0.4, -0.2) is 26.1 Å². The molecular formula is C12H11NO5S2. The Kier molecular flexibility index (Phi) is 4.26. The summed E-state index contributed by atoms with van der Waals surface area (Å²) in [6, 6.07) is 9.36. The van der Waals surface area contributed by atoms with Crippen LogP contribution < -0.4 is 9.46 Å². The van der Waals surface area contributed by atoms with Crippen molar-refractivity contribution in [2.45, 2.75) is 4.21 Å². The van der Waals surface area contributed by atoms with Gasteiger partial charge in [-0.3, -0.25) is 4.72 Å². The van der Waals surface area contributed by atoms with Crippen LogP contribution in [0.25, 0.3) is 0 Å². The lowest BCUT2D eigenvalue weighted by Gasteiger charge is -2.11. The van der Waals surface area contributed by atoms with Crippen molar-refractivity contribution in [3.05, 3.63) is 41.8 Å². The van der Waals surface area contributed by atoms with Crippen LogP contribution >= 0.6 is 11.3 Å². The molecule has 0 bridgehead atoms. The van der Waals surface area contributed by atoms with Crippen LogP contribution in [0.5, 0.6) is 5.75 Å². The summed E-state index contributed by atoms with van der Waals surface area (Å²) in [5.41, 5.74) is 0.196. The minimum Gasteiger partial charge on any atom is -0.480 e. The largest absolute Gasteiger partial charge is 0.480 e. The lowest BCUT2D eigenvalue weighted by molar-refractivity contribution is -0.139. The Morgan fingerprint density at radius 2 is 2.00 bits per heavy atom. The van der Waals surface area contributed by atoms with Gasteiger partial charge in [-0.25, -0.2) is 13.2 Å². The molecule has 0 aliphatic carbocycles. The zero-order chi connectivity index (χ0) is 14.6. The third-order valence-corrected chi connectivity index (χ3v) is 5.01. The summed E-state index contributed by atoms with van der Waals surface area (Å²) in [6.45, 7) is -0.544. The predicted octanol–water partition coefficient (Wildman–Crippen LogP) is 2.01. The molecule has 106 valence electrons. The third-order valence-electron chi connectivity index (χ3n) is 2.24. The van der Waals surface area contributed by atoms with E-state index in [0.29, 0.717) is 0 Å². The maximum absolute atomic E-state index is 12.1.